The van der Waals surface area contributed by atoms with Crippen LogP contribution in [0.3, 0.4) is 0 Å². The summed E-state index contributed by atoms with van der Waals surface area (Å²) in [6.45, 7) is 1.47. The molecule has 0 spiro atoms. The number of hydrogen-bond acceptors (Lipinski definition) is 3. The topological polar surface area (TPSA) is 70.2 Å². The summed E-state index contributed by atoms with van der Waals surface area (Å²) >= 11 is 0. The van der Waals surface area contributed by atoms with E-state index >= 15 is 0 Å². The summed E-state index contributed by atoms with van der Waals surface area (Å²) in [5.74, 6) is -0.902. The van der Waals surface area contributed by atoms with E-state index < -0.39 is 17.6 Å². The summed E-state index contributed by atoms with van der Waals surface area (Å²) in [5.41, 5.74) is 0.412. The Kier molecular flexibility index (Phi) is 5.86. The van der Waals surface area contributed by atoms with E-state index in [0.29, 0.717) is 16.8 Å². The quantitative estimate of drug-likeness (QED) is 0.760. The third-order valence-electron chi connectivity index (χ3n) is 3.75. The number of carbonyl (C=O) groups excluding carboxylic acids is 2. The minimum absolute atomic E-state index is 0.246. The van der Waals surface area contributed by atoms with Crippen molar-refractivity contribution in [3.8, 4) is 0 Å². The van der Waals surface area contributed by atoms with E-state index in [1.165, 1.54) is 25.2 Å². The van der Waals surface area contributed by atoms with Crippen LogP contribution in [0, 0.1) is 6.92 Å². The SMILES string of the molecule is CNC(=O)c1cccc(NCC(=O)Nc2ccccc2C(F)(F)F)c1C. The van der Waals surface area contributed by atoms with Gasteiger partial charge in [0.15, 0.2) is 0 Å². The van der Waals surface area contributed by atoms with E-state index in [0.717, 1.165) is 6.07 Å². The maximum atomic E-state index is 13.0. The Balaban J connectivity index is 2.08. The van der Waals surface area contributed by atoms with Gasteiger partial charge in [-0.3, -0.25) is 9.59 Å². The molecular formula is C18H18F3N3O2. The van der Waals surface area contributed by atoms with Gasteiger partial charge in [-0.2, -0.15) is 13.2 Å². The fourth-order valence-corrected chi connectivity index (χ4v) is 2.42. The van der Waals surface area contributed by atoms with Crippen LogP contribution in [-0.2, 0) is 11.0 Å². The number of hydrogen-bond donors (Lipinski definition) is 3. The number of amides is 2. The number of halogens is 3. The molecule has 2 rings (SSSR count). The van der Waals surface area contributed by atoms with Crippen LogP contribution >= 0.6 is 0 Å². The molecule has 0 fully saturated rings. The van der Waals surface area contributed by atoms with E-state index in [1.807, 2.05) is 0 Å². The van der Waals surface area contributed by atoms with Gasteiger partial charge in [-0.1, -0.05) is 18.2 Å². The molecule has 138 valence electrons. The van der Waals surface area contributed by atoms with Crippen molar-refractivity contribution >= 4 is 23.2 Å². The average Bonchev–Trinajstić information content (AvgIpc) is 2.59. The molecule has 0 aliphatic heterocycles. The Morgan fingerprint density at radius 3 is 2.31 bits per heavy atom. The number of nitrogens with one attached hydrogen (secondary N) is 3. The van der Waals surface area contributed by atoms with Crippen molar-refractivity contribution in [3.63, 3.8) is 0 Å². The predicted octanol–water partition coefficient (Wildman–Crippen LogP) is 3.42. The first kappa shape index (κ1) is 19.3. The van der Waals surface area contributed by atoms with E-state index in [4.69, 9.17) is 0 Å². The molecule has 26 heavy (non-hydrogen) atoms. The smallest absolute Gasteiger partial charge is 0.376 e. The highest BCUT2D eigenvalue weighted by Crippen LogP contribution is 2.34. The van der Waals surface area contributed by atoms with Crippen molar-refractivity contribution in [2.75, 3.05) is 24.2 Å². The minimum atomic E-state index is -4.56. The Bertz CT molecular complexity index is 820. The highest BCUT2D eigenvalue weighted by Gasteiger charge is 2.33. The van der Waals surface area contributed by atoms with Crippen LogP contribution in [0.25, 0.3) is 0 Å². The summed E-state index contributed by atoms with van der Waals surface area (Å²) in [4.78, 5) is 23.8. The van der Waals surface area contributed by atoms with Crippen LogP contribution in [-0.4, -0.2) is 25.4 Å². The Morgan fingerprint density at radius 1 is 1.00 bits per heavy atom. The predicted molar refractivity (Wildman–Crippen MR) is 93.1 cm³/mol. The first-order valence-corrected chi connectivity index (χ1v) is 7.75. The third kappa shape index (κ3) is 4.53. The van der Waals surface area contributed by atoms with E-state index in [-0.39, 0.29) is 18.1 Å². The minimum Gasteiger partial charge on any atom is -0.376 e. The standard InChI is InChI=1S/C18H18F3N3O2/c1-11-12(17(26)22-2)6-5-9-14(11)23-10-16(25)24-15-8-4-3-7-13(15)18(19,20)21/h3-9,23H,10H2,1-2H3,(H,22,26)(H,24,25). The molecule has 2 aromatic carbocycles. The maximum absolute atomic E-state index is 13.0. The number of carbonyl (C=O) groups is 2. The van der Waals surface area contributed by atoms with Crippen molar-refractivity contribution in [1.82, 2.24) is 5.32 Å². The number of alkyl halides is 3. The lowest BCUT2D eigenvalue weighted by atomic mass is 10.1. The van der Waals surface area contributed by atoms with Gasteiger partial charge in [-0.05, 0) is 36.8 Å². The van der Waals surface area contributed by atoms with Gasteiger partial charge in [0.2, 0.25) is 5.91 Å². The molecule has 0 aliphatic carbocycles. The van der Waals surface area contributed by atoms with E-state index in [1.54, 1.807) is 25.1 Å². The number of anilines is 2. The summed E-state index contributed by atoms with van der Waals surface area (Å²) < 4.78 is 38.9. The van der Waals surface area contributed by atoms with Crippen LogP contribution in [0.5, 0.6) is 0 Å². The lowest BCUT2D eigenvalue weighted by molar-refractivity contribution is -0.137. The molecule has 2 amide bonds. The highest BCUT2D eigenvalue weighted by molar-refractivity contribution is 5.98. The first-order chi connectivity index (χ1) is 12.2. The Labute approximate surface area is 148 Å². The van der Waals surface area contributed by atoms with E-state index in [9.17, 15) is 22.8 Å². The molecule has 2 aromatic rings. The molecule has 0 aliphatic rings. The molecule has 0 saturated heterocycles. The van der Waals surface area contributed by atoms with Gasteiger partial charge in [0.25, 0.3) is 5.91 Å². The van der Waals surface area contributed by atoms with E-state index in [2.05, 4.69) is 16.0 Å². The van der Waals surface area contributed by atoms with Crippen molar-refractivity contribution < 1.29 is 22.8 Å². The van der Waals surface area contributed by atoms with Crippen molar-refractivity contribution in [2.45, 2.75) is 13.1 Å². The molecule has 0 heterocycles. The van der Waals surface area contributed by atoms with Crippen LogP contribution in [0.1, 0.15) is 21.5 Å². The summed E-state index contributed by atoms with van der Waals surface area (Å²) in [6, 6.07) is 9.73. The second kappa shape index (κ2) is 7.90. The third-order valence-corrected chi connectivity index (χ3v) is 3.75. The second-order valence-corrected chi connectivity index (χ2v) is 5.50. The second-order valence-electron chi connectivity index (χ2n) is 5.50. The average molecular weight is 365 g/mol. The van der Waals surface area contributed by atoms with Crippen molar-refractivity contribution in [1.29, 1.82) is 0 Å². The zero-order chi connectivity index (χ0) is 19.3. The molecule has 0 saturated carbocycles. The molecule has 0 bridgehead atoms. The molecule has 0 radical (unpaired) electrons. The summed E-state index contributed by atoms with van der Waals surface area (Å²) in [7, 11) is 1.51. The zero-order valence-corrected chi connectivity index (χ0v) is 14.2. The lowest BCUT2D eigenvalue weighted by Gasteiger charge is -2.15. The monoisotopic (exact) mass is 365 g/mol. The molecule has 3 N–H and O–H groups in total. The van der Waals surface area contributed by atoms with Crippen LogP contribution in [0.4, 0.5) is 24.5 Å². The van der Waals surface area contributed by atoms with Gasteiger partial charge in [0.1, 0.15) is 0 Å². The van der Waals surface area contributed by atoms with Crippen LogP contribution < -0.4 is 16.0 Å². The highest BCUT2D eigenvalue weighted by atomic mass is 19.4. The van der Waals surface area contributed by atoms with Crippen molar-refractivity contribution in [3.05, 3.63) is 59.2 Å². The number of benzene rings is 2. The van der Waals surface area contributed by atoms with Gasteiger partial charge >= 0.3 is 6.18 Å². The zero-order valence-electron chi connectivity index (χ0n) is 14.2. The maximum Gasteiger partial charge on any atom is 0.418 e. The molecule has 0 aromatic heterocycles. The van der Waals surface area contributed by atoms with Crippen molar-refractivity contribution in [2.24, 2.45) is 0 Å². The van der Waals surface area contributed by atoms with Gasteiger partial charge < -0.3 is 16.0 Å². The summed E-state index contributed by atoms with van der Waals surface area (Å²) in [5, 5.41) is 7.61. The molecule has 0 unspecified atom stereocenters. The fraction of sp³-hybridized carbons (Fsp3) is 0.222. The van der Waals surface area contributed by atoms with Crippen LogP contribution in [0.15, 0.2) is 42.5 Å². The number of rotatable bonds is 5. The van der Waals surface area contributed by atoms with Gasteiger partial charge in [0.05, 0.1) is 17.8 Å². The Morgan fingerprint density at radius 2 is 1.65 bits per heavy atom. The molecular weight excluding hydrogens is 347 g/mol. The normalized spacial score (nSPS) is 11.0. The largest absolute Gasteiger partial charge is 0.418 e. The number of para-hydroxylation sites is 1. The summed E-state index contributed by atoms with van der Waals surface area (Å²) in [6.07, 6.45) is -4.56. The van der Waals surface area contributed by atoms with Gasteiger partial charge in [-0.15, -0.1) is 0 Å². The molecule has 0 atom stereocenters. The fourth-order valence-electron chi connectivity index (χ4n) is 2.42. The van der Waals surface area contributed by atoms with Crippen LogP contribution in [0.2, 0.25) is 0 Å². The van der Waals surface area contributed by atoms with Gasteiger partial charge in [0, 0.05) is 18.3 Å². The van der Waals surface area contributed by atoms with Gasteiger partial charge in [-0.25, -0.2) is 0 Å². The first-order valence-electron chi connectivity index (χ1n) is 7.75. The molecule has 8 heteroatoms. The lowest BCUT2D eigenvalue weighted by Crippen LogP contribution is -2.24. The Hall–Kier alpha value is -3.03. The molecule has 5 nitrogen and oxygen atoms in total.